The number of esters is 1. The van der Waals surface area contributed by atoms with Gasteiger partial charge in [0.05, 0.1) is 62.8 Å². The van der Waals surface area contributed by atoms with Crippen molar-refractivity contribution in [2.45, 2.75) is 115 Å². The zero-order chi connectivity index (χ0) is 37.1. The number of carbonyl (C=O) groups excluding carboxylic acids is 2. The fraction of sp³-hybridized carbons (Fsp3) is 0.513. The number of Topliss-reactive ketones (excluding diaryl/α,β-unsaturated/α-hetero) is 1. The van der Waals surface area contributed by atoms with E-state index in [1.165, 1.54) is 11.3 Å². The normalized spacial score (nSPS) is 28.8. The van der Waals surface area contributed by atoms with Crippen molar-refractivity contribution in [2.75, 3.05) is 0 Å². The monoisotopic (exact) mass is 738 g/mol. The number of thiazole rings is 1. The Kier molecular flexibility index (Phi) is 12.4. The topological polar surface area (TPSA) is 155 Å². The van der Waals surface area contributed by atoms with Crippen LogP contribution in [-0.2, 0) is 29.1 Å². The number of hydrogen-bond donors (Lipinski definition) is 3. The predicted molar refractivity (Wildman–Crippen MR) is 196 cm³/mol. The summed E-state index contributed by atoms with van der Waals surface area (Å²) >= 11 is 1.38. The zero-order valence-electron chi connectivity index (χ0n) is 30.1. The van der Waals surface area contributed by atoms with Crippen LogP contribution in [0.15, 0.2) is 71.1 Å². The molecule has 0 radical (unpaired) electrons. The Hall–Kier alpha value is -3.26. The van der Waals surface area contributed by atoms with Crippen LogP contribution in [0.4, 0.5) is 0 Å². The van der Waals surface area contributed by atoms with Gasteiger partial charge in [-0.2, -0.15) is 4.72 Å². The molecule has 0 bridgehead atoms. The number of nitrogens with zero attached hydrogens (tertiary/aromatic N) is 1. The van der Waals surface area contributed by atoms with E-state index in [-0.39, 0.29) is 28.8 Å². The summed E-state index contributed by atoms with van der Waals surface area (Å²) < 4.78 is 42.1. The maximum absolute atomic E-state index is 13.6. The SMILES string of the molecule is C/C(=C\c1nc(C)sc1C(NS(=O)(=O)c1ccccc1)c1ccccc1)[C@@H]1C[C@@H]2O[C@@H]2CCC[C@H](C)C(O)[C@@H](C)C(=O)C(C)(C)[C@@H](O)CC(=O)O1. The minimum Gasteiger partial charge on any atom is -0.458 e. The van der Waals surface area contributed by atoms with Gasteiger partial charge in [0, 0.05) is 12.3 Å². The third-order valence-electron chi connectivity index (χ3n) is 10.3. The lowest BCUT2D eigenvalue weighted by Crippen LogP contribution is -2.45. The van der Waals surface area contributed by atoms with Gasteiger partial charge in [0.1, 0.15) is 11.9 Å². The van der Waals surface area contributed by atoms with Crippen molar-refractivity contribution in [3.8, 4) is 0 Å². The van der Waals surface area contributed by atoms with Crippen molar-refractivity contribution in [1.82, 2.24) is 9.71 Å². The minimum absolute atomic E-state index is 0.0215. The Morgan fingerprint density at radius 3 is 2.33 bits per heavy atom. The van der Waals surface area contributed by atoms with E-state index >= 15 is 0 Å². The fourth-order valence-electron chi connectivity index (χ4n) is 6.83. The number of sulfonamides is 1. The molecule has 0 amide bonds. The summed E-state index contributed by atoms with van der Waals surface area (Å²) in [6, 6.07) is 16.7. The van der Waals surface area contributed by atoms with Crippen LogP contribution in [0.25, 0.3) is 6.08 Å². The van der Waals surface area contributed by atoms with E-state index in [1.54, 1.807) is 51.1 Å². The second-order valence-corrected chi connectivity index (χ2v) is 17.5. The van der Waals surface area contributed by atoms with E-state index in [0.717, 1.165) is 23.4 Å². The number of aromatic nitrogens is 1. The van der Waals surface area contributed by atoms with Crippen molar-refractivity contribution in [2.24, 2.45) is 17.3 Å². The summed E-state index contributed by atoms with van der Waals surface area (Å²) in [7, 11) is -3.92. The molecule has 5 rings (SSSR count). The lowest BCUT2D eigenvalue weighted by atomic mass is 9.73. The Morgan fingerprint density at radius 2 is 1.67 bits per heavy atom. The van der Waals surface area contributed by atoms with Crippen molar-refractivity contribution in [3.05, 3.63) is 87.4 Å². The van der Waals surface area contributed by atoms with Crippen molar-refractivity contribution in [1.29, 1.82) is 0 Å². The van der Waals surface area contributed by atoms with Crippen molar-refractivity contribution < 1.29 is 37.7 Å². The van der Waals surface area contributed by atoms with Gasteiger partial charge in [-0.15, -0.1) is 11.3 Å². The van der Waals surface area contributed by atoms with E-state index in [0.29, 0.717) is 29.0 Å². The number of hydrogen-bond acceptors (Lipinski definition) is 10. The van der Waals surface area contributed by atoms with Crippen LogP contribution in [-0.4, -0.2) is 65.9 Å². The molecule has 2 unspecified atom stereocenters. The summed E-state index contributed by atoms with van der Waals surface area (Å²) in [6.07, 6.45) is 0.995. The molecule has 8 atom stereocenters. The number of fused-ring (bicyclic) bond motifs is 1. The Labute approximate surface area is 305 Å². The zero-order valence-corrected chi connectivity index (χ0v) is 31.7. The van der Waals surface area contributed by atoms with Gasteiger partial charge in [0.15, 0.2) is 0 Å². The number of nitrogens with one attached hydrogen (secondary N) is 1. The van der Waals surface area contributed by atoms with Gasteiger partial charge >= 0.3 is 5.97 Å². The highest BCUT2D eigenvalue weighted by Crippen LogP contribution is 2.38. The number of ether oxygens (including phenoxy) is 2. The second kappa shape index (κ2) is 16.2. The number of ketones is 1. The number of aliphatic hydroxyl groups excluding tert-OH is 2. The largest absolute Gasteiger partial charge is 0.458 e. The van der Waals surface area contributed by atoms with Gasteiger partial charge in [-0.25, -0.2) is 13.4 Å². The van der Waals surface area contributed by atoms with Crippen LogP contribution in [0.2, 0.25) is 0 Å². The Balaban J connectivity index is 1.46. The van der Waals surface area contributed by atoms with E-state index in [9.17, 15) is 28.2 Å². The van der Waals surface area contributed by atoms with E-state index in [4.69, 9.17) is 14.5 Å². The molecule has 2 aliphatic rings. The average Bonchev–Trinajstić information content (AvgIpc) is 3.74. The predicted octanol–water partition coefficient (Wildman–Crippen LogP) is 6.16. The second-order valence-electron chi connectivity index (χ2n) is 14.6. The van der Waals surface area contributed by atoms with Crippen LogP contribution in [0.5, 0.6) is 0 Å². The molecule has 3 aromatic rings. The lowest BCUT2D eigenvalue weighted by Gasteiger charge is -2.34. The minimum atomic E-state index is -3.92. The smallest absolute Gasteiger partial charge is 0.309 e. The van der Waals surface area contributed by atoms with Gasteiger partial charge < -0.3 is 19.7 Å². The summed E-state index contributed by atoms with van der Waals surface area (Å²) in [6.45, 7) is 10.5. The first kappa shape index (κ1) is 39.0. The molecule has 3 N–H and O–H groups in total. The standard InChI is InChI=1S/C39H50N2O8S2/c1-23-14-13-19-30-32(48-30)21-31(49-34(43)22-33(42)39(5,6)38(45)25(3)36(23)44)24(2)20-29-37(50-26(4)40-29)35(27-15-9-7-10-16-27)41-51(46,47)28-17-11-8-12-18-28/h7-12,15-18,20,23,25,30-33,35-36,41-42,44H,13-14,19,21-22H2,1-6H3/b24-20+/t23-,25+,30+,31-,32-,33-,35?,36?/m0/s1. The Morgan fingerprint density at radius 1 is 1.02 bits per heavy atom. The van der Waals surface area contributed by atoms with Gasteiger partial charge in [0.25, 0.3) is 0 Å². The molecule has 2 aromatic carbocycles. The summed E-state index contributed by atoms with van der Waals surface area (Å²) in [5.74, 6) is -1.82. The van der Waals surface area contributed by atoms with Gasteiger partial charge in [-0.3, -0.25) is 9.59 Å². The highest BCUT2D eigenvalue weighted by Gasteiger charge is 2.44. The van der Waals surface area contributed by atoms with Crippen LogP contribution < -0.4 is 4.72 Å². The molecule has 1 aromatic heterocycles. The molecule has 2 saturated heterocycles. The third-order valence-corrected chi connectivity index (χ3v) is 12.8. The molecule has 276 valence electrons. The van der Waals surface area contributed by atoms with E-state index in [1.807, 2.05) is 57.2 Å². The number of aliphatic hydroxyl groups is 2. The molecular formula is C39H50N2O8S2. The molecule has 0 saturated carbocycles. The molecule has 0 spiro atoms. The highest BCUT2D eigenvalue weighted by molar-refractivity contribution is 7.89. The third kappa shape index (κ3) is 9.40. The molecule has 2 aliphatic heterocycles. The Bertz CT molecular complexity index is 1810. The fourth-order valence-corrected chi connectivity index (χ4v) is 9.10. The van der Waals surface area contributed by atoms with Crippen LogP contribution in [0.1, 0.15) is 93.9 Å². The molecule has 0 aliphatic carbocycles. The first-order chi connectivity index (χ1) is 24.1. The highest BCUT2D eigenvalue weighted by atomic mass is 32.2. The summed E-state index contributed by atoms with van der Waals surface area (Å²) in [5.41, 5.74) is 0.664. The van der Waals surface area contributed by atoms with E-state index < -0.39 is 58.1 Å². The quantitative estimate of drug-likeness (QED) is 0.191. The number of benzene rings is 2. The molecule has 12 heteroatoms. The molecular weight excluding hydrogens is 689 g/mol. The van der Waals surface area contributed by atoms with Crippen molar-refractivity contribution in [3.63, 3.8) is 0 Å². The number of cyclic esters (lactones) is 1. The number of aryl methyl sites for hydroxylation is 1. The van der Waals surface area contributed by atoms with Crippen LogP contribution in [0.3, 0.4) is 0 Å². The van der Waals surface area contributed by atoms with Gasteiger partial charge in [-0.05, 0) is 62.0 Å². The van der Waals surface area contributed by atoms with Crippen LogP contribution >= 0.6 is 11.3 Å². The first-order valence-corrected chi connectivity index (χ1v) is 19.9. The summed E-state index contributed by atoms with van der Waals surface area (Å²) in [5, 5.41) is 22.8. The average molecular weight is 739 g/mol. The molecule has 2 fully saturated rings. The maximum atomic E-state index is 13.6. The lowest BCUT2D eigenvalue weighted by molar-refractivity contribution is -0.154. The number of carbonyl (C=O) groups is 2. The first-order valence-electron chi connectivity index (χ1n) is 17.6. The number of epoxide rings is 1. The van der Waals surface area contributed by atoms with Gasteiger partial charge in [0.2, 0.25) is 10.0 Å². The summed E-state index contributed by atoms with van der Waals surface area (Å²) in [4.78, 5) is 32.5. The van der Waals surface area contributed by atoms with E-state index in [2.05, 4.69) is 4.72 Å². The maximum Gasteiger partial charge on any atom is 0.309 e. The van der Waals surface area contributed by atoms with Gasteiger partial charge in [-0.1, -0.05) is 82.6 Å². The number of rotatable bonds is 7. The molecule has 3 heterocycles. The van der Waals surface area contributed by atoms with Crippen LogP contribution in [0, 0.1) is 24.2 Å². The van der Waals surface area contributed by atoms with Crippen molar-refractivity contribution >= 4 is 39.2 Å². The molecule has 10 nitrogen and oxygen atoms in total. The molecule has 51 heavy (non-hydrogen) atoms.